The highest BCUT2D eigenvalue weighted by molar-refractivity contribution is 7.91. The minimum absolute atomic E-state index is 0.0132. The summed E-state index contributed by atoms with van der Waals surface area (Å²) in [5.74, 6) is 1.14. The molecule has 1 aliphatic rings. The molecule has 0 bridgehead atoms. The molecule has 0 radical (unpaired) electrons. The number of rotatable bonds is 7. The van der Waals surface area contributed by atoms with Gasteiger partial charge in [-0.15, -0.1) is 0 Å². The van der Waals surface area contributed by atoms with Crippen molar-refractivity contribution >= 4 is 15.7 Å². The van der Waals surface area contributed by atoms with Crippen LogP contribution in [0.5, 0.6) is 5.75 Å². The minimum atomic E-state index is -3.09. The van der Waals surface area contributed by atoms with Gasteiger partial charge in [0.25, 0.3) is 5.91 Å². The summed E-state index contributed by atoms with van der Waals surface area (Å²) in [6.07, 6.45) is 2.65. The van der Waals surface area contributed by atoms with Gasteiger partial charge in [-0.1, -0.05) is 12.1 Å². The largest absolute Gasteiger partial charge is 0.497 e. The SMILES string of the molecule is COc1cccc(CCNC(=O)c2cc(-c3ccco3)n(C3CCS(=O)(=O)C3)n2)c1. The van der Waals surface area contributed by atoms with Crippen molar-refractivity contribution in [3.8, 4) is 17.2 Å². The second-order valence-corrected chi connectivity index (χ2v) is 9.48. The molecule has 3 aromatic rings. The van der Waals surface area contributed by atoms with Gasteiger partial charge in [-0.05, 0) is 42.7 Å². The van der Waals surface area contributed by atoms with Gasteiger partial charge in [0.2, 0.25) is 0 Å². The zero-order valence-electron chi connectivity index (χ0n) is 16.6. The van der Waals surface area contributed by atoms with Crippen LogP contribution in [0, 0.1) is 0 Å². The van der Waals surface area contributed by atoms with Crippen molar-refractivity contribution in [3.63, 3.8) is 0 Å². The Kier molecular flexibility index (Phi) is 5.63. The summed E-state index contributed by atoms with van der Waals surface area (Å²) >= 11 is 0. The maximum Gasteiger partial charge on any atom is 0.271 e. The van der Waals surface area contributed by atoms with Crippen molar-refractivity contribution in [2.75, 3.05) is 25.2 Å². The number of carbonyl (C=O) groups excluding carboxylic acids is 1. The molecule has 30 heavy (non-hydrogen) atoms. The highest BCUT2D eigenvalue weighted by atomic mass is 32.2. The van der Waals surface area contributed by atoms with Gasteiger partial charge in [0.1, 0.15) is 11.4 Å². The van der Waals surface area contributed by atoms with E-state index in [-0.39, 0.29) is 29.1 Å². The fourth-order valence-electron chi connectivity index (χ4n) is 3.60. The van der Waals surface area contributed by atoms with Gasteiger partial charge < -0.3 is 14.5 Å². The molecule has 1 aromatic carbocycles. The van der Waals surface area contributed by atoms with Gasteiger partial charge in [0.15, 0.2) is 21.3 Å². The summed E-state index contributed by atoms with van der Waals surface area (Å²) in [5.41, 5.74) is 1.88. The van der Waals surface area contributed by atoms with Gasteiger partial charge in [0.05, 0.1) is 30.9 Å². The van der Waals surface area contributed by atoms with Crippen molar-refractivity contribution in [1.82, 2.24) is 15.1 Å². The van der Waals surface area contributed by atoms with Crippen LogP contribution in [0.4, 0.5) is 0 Å². The fraction of sp³-hybridized carbons (Fsp3) is 0.333. The molecule has 9 heteroatoms. The predicted octanol–water partition coefficient (Wildman–Crippen LogP) is 2.48. The minimum Gasteiger partial charge on any atom is -0.497 e. The van der Waals surface area contributed by atoms with Crippen molar-refractivity contribution in [2.45, 2.75) is 18.9 Å². The molecule has 1 saturated heterocycles. The Hall–Kier alpha value is -3.07. The summed E-state index contributed by atoms with van der Waals surface area (Å²) in [6.45, 7) is 0.437. The van der Waals surface area contributed by atoms with Crippen LogP contribution >= 0.6 is 0 Å². The zero-order chi connectivity index (χ0) is 21.1. The van der Waals surface area contributed by atoms with Crippen LogP contribution in [-0.2, 0) is 16.3 Å². The molecule has 4 rings (SSSR count). The van der Waals surface area contributed by atoms with E-state index in [1.807, 2.05) is 24.3 Å². The van der Waals surface area contributed by atoms with Crippen molar-refractivity contribution in [2.24, 2.45) is 0 Å². The van der Waals surface area contributed by atoms with Gasteiger partial charge in [-0.3, -0.25) is 9.48 Å². The van der Waals surface area contributed by atoms with Crippen LogP contribution in [0.15, 0.2) is 53.1 Å². The summed E-state index contributed by atoms with van der Waals surface area (Å²) in [7, 11) is -1.48. The topological polar surface area (TPSA) is 103 Å². The number of hydrogen-bond donors (Lipinski definition) is 1. The molecule has 1 fully saturated rings. The lowest BCUT2D eigenvalue weighted by molar-refractivity contribution is 0.0948. The number of nitrogens with zero attached hydrogens (tertiary/aromatic N) is 2. The number of sulfone groups is 1. The first-order valence-electron chi connectivity index (χ1n) is 9.70. The van der Waals surface area contributed by atoms with E-state index < -0.39 is 9.84 Å². The highest BCUT2D eigenvalue weighted by Crippen LogP contribution is 2.30. The van der Waals surface area contributed by atoms with Crippen molar-refractivity contribution in [3.05, 3.63) is 60.0 Å². The Morgan fingerprint density at radius 3 is 2.87 bits per heavy atom. The maximum atomic E-state index is 12.7. The Balaban J connectivity index is 1.49. The summed E-state index contributed by atoms with van der Waals surface area (Å²) < 4.78 is 36.1. The van der Waals surface area contributed by atoms with Crippen LogP contribution in [0.25, 0.3) is 11.5 Å². The van der Waals surface area contributed by atoms with Crippen LogP contribution < -0.4 is 10.1 Å². The molecule has 0 aliphatic carbocycles. The van der Waals surface area contributed by atoms with Gasteiger partial charge in [-0.2, -0.15) is 5.10 Å². The summed E-state index contributed by atoms with van der Waals surface area (Å²) in [4.78, 5) is 12.7. The lowest BCUT2D eigenvalue weighted by Crippen LogP contribution is -2.26. The van der Waals surface area contributed by atoms with Crippen LogP contribution in [0.3, 0.4) is 0 Å². The molecule has 0 saturated carbocycles. The molecular formula is C21H23N3O5S. The van der Waals surface area contributed by atoms with Gasteiger partial charge >= 0.3 is 0 Å². The second-order valence-electron chi connectivity index (χ2n) is 7.25. The van der Waals surface area contributed by atoms with Crippen molar-refractivity contribution in [1.29, 1.82) is 0 Å². The third-order valence-electron chi connectivity index (χ3n) is 5.13. The van der Waals surface area contributed by atoms with Gasteiger partial charge in [-0.25, -0.2) is 8.42 Å². The monoisotopic (exact) mass is 429 g/mol. The molecule has 1 amide bonds. The first-order chi connectivity index (χ1) is 14.4. The lowest BCUT2D eigenvalue weighted by Gasteiger charge is -2.11. The first-order valence-corrected chi connectivity index (χ1v) is 11.5. The molecule has 1 atom stereocenters. The maximum absolute atomic E-state index is 12.7. The molecule has 1 aliphatic heterocycles. The molecule has 8 nitrogen and oxygen atoms in total. The molecule has 0 spiro atoms. The number of ether oxygens (including phenoxy) is 1. The molecule has 3 heterocycles. The predicted molar refractivity (Wildman–Crippen MR) is 111 cm³/mol. The van der Waals surface area contributed by atoms with E-state index in [1.165, 1.54) is 6.26 Å². The molecule has 2 aromatic heterocycles. The van der Waals surface area contributed by atoms with E-state index in [4.69, 9.17) is 9.15 Å². The Bertz CT molecular complexity index is 1140. The van der Waals surface area contributed by atoms with E-state index in [0.29, 0.717) is 30.8 Å². The Morgan fingerprint density at radius 2 is 2.17 bits per heavy atom. The second kappa shape index (κ2) is 8.35. The number of hydrogen-bond acceptors (Lipinski definition) is 6. The van der Waals surface area contributed by atoms with E-state index in [0.717, 1.165) is 11.3 Å². The zero-order valence-corrected chi connectivity index (χ0v) is 17.4. The van der Waals surface area contributed by atoms with Crippen LogP contribution in [0.1, 0.15) is 28.5 Å². The quantitative estimate of drug-likeness (QED) is 0.619. The third-order valence-corrected chi connectivity index (χ3v) is 6.88. The summed E-state index contributed by atoms with van der Waals surface area (Å²) in [5, 5.41) is 7.30. The Morgan fingerprint density at radius 1 is 1.30 bits per heavy atom. The lowest BCUT2D eigenvalue weighted by atomic mass is 10.1. The number of furan rings is 1. The summed E-state index contributed by atoms with van der Waals surface area (Å²) in [6, 6.07) is 12.5. The Labute approximate surface area is 174 Å². The number of methoxy groups -OCH3 is 1. The van der Waals surface area contributed by atoms with Crippen LogP contribution in [-0.4, -0.2) is 49.3 Å². The van der Waals surface area contributed by atoms with E-state index in [9.17, 15) is 13.2 Å². The normalized spacial score (nSPS) is 17.7. The van der Waals surface area contributed by atoms with Gasteiger partial charge in [0, 0.05) is 12.6 Å². The molecule has 158 valence electrons. The van der Waals surface area contributed by atoms with Crippen molar-refractivity contribution < 1.29 is 22.4 Å². The van der Waals surface area contributed by atoms with E-state index in [1.54, 1.807) is 30.0 Å². The number of amides is 1. The number of nitrogens with one attached hydrogen (secondary N) is 1. The average molecular weight is 429 g/mol. The first kappa shape index (κ1) is 20.2. The van der Waals surface area contributed by atoms with Crippen LogP contribution in [0.2, 0.25) is 0 Å². The molecule has 1 unspecified atom stereocenters. The van der Waals surface area contributed by atoms with E-state index >= 15 is 0 Å². The smallest absolute Gasteiger partial charge is 0.271 e. The number of aromatic nitrogens is 2. The number of carbonyl (C=O) groups is 1. The van der Waals surface area contributed by atoms with E-state index in [2.05, 4.69) is 10.4 Å². The number of benzene rings is 1. The molecule has 1 N–H and O–H groups in total. The fourth-order valence-corrected chi connectivity index (χ4v) is 5.29. The average Bonchev–Trinajstić information content (AvgIpc) is 3.47. The third kappa shape index (κ3) is 4.40. The molecular weight excluding hydrogens is 406 g/mol. The standard InChI is InChI=1S/C21H23N3O5S/c1-28-17-5-2-4-15(12-17)7-9-22-21(25)18-13-19(20-6-3-10-29-20)24(23-18)16-8-11-30(26,27)14-16/h2-6,10,12-13,16H,7-9,11,14H2,1H3,(H,22,25). The highest BCUT2D eigenvalue weighted by Gasteiger charge is 2.32.